The Balaban J connectivity index is 2.87. The molecule has 0 N–H and O–H groups in total. The first-order valence-electron chi connectivity index (χ1n) is 5.20. The molecule has 96 valence electrons. The van der Waals surface area contributed by atoms with Crippen molar-refractivity contribution >= 4 is 23.8 Å². The number of nitrogens with zero attached hydrogens (tertiary/aromatic N) is 2. The van der Waals surface area contributed by atoms with Crippen molar-refractivity contribution < 1.29 is 23.4 Å². The summed E-state index contributed by atoms with van der Waals surface area (Å²) in [4.78, 5) is 11.9. The van der Waals surface area contributed by atoms with Crippen LogP contribution in [0.2, 0.25) is 0 Å². The molecule has 1 heterocycles. The van der Waals surface area contributed by atoms with E-state index in [-0.39, 0.29) is 5.30 Å². The fourth-order valence-corrected chi connectivity index (χ4v) is 2.73. The SMILES string of the molecule is COc1cccc2c(P(=O)([O-])OC)c[n+](C)nc12. The molecular weight excluding hydrogens is 255 g/mol. The van der Waals surface area contributed by atoms with Gasteiger partial charge in [-0.15, -0.1) is 0 Å². The van der Waals surface area contributed by atoms with Gasteiger partial charge in [0.1, 0.15) is 0 Å². The molecule has 0 spiro atoms. The van der Waals surface area contributed by atoms with E-state index >= 15 is 0 Å². The molecule has 0 fully saturated rings. The van der Waals surface area contributed by atoms with Crippen molar-refractivity contribution in [1.82, 2.24) is 5.10 Å². The van der Waals surface area contributed by atoms with Crippen LogP contribution in [0.5, 0.6) is 5.75 Å². The lowest BCUT2D eigenvalue weighted by Crippen LogP contribution is -2.38. The number of rotatable bonds is 3. The molecule has 0 bridgehead atoms. The molecule has 1 aromatic carbocycles. The predicted molar refractivity (Wildman–Crippen MR) is 63.7 cm³/mol. The van der Waals surface area contributed by atoms with E-state index in [0.717, 1.165) is 7.11 Å². The van der Waals surface area contributed by atoms with Gasteiger partial charge in [0.25, 0.3) is 0 Å². The van der Waals surface area contributed by atoms with Crippen LogP contribution >= 0.6 is 7.60 Å². The topological polar surface area (TPSA) is 75.4 Å². The Hall–Kier alpha value is -1.49. The van der Waals surface area contributed by atoms with Crippen molar-refractivity contribution in [3.8, 4) is 5.75 Å². The van der Waals surface area contributed by atoms with Gasteiger partial charge in [-0.3, -0.25) is 0 Å². The predicted octanol–water partition coefficient (Wildman–Crippen LogP) is -0.107. The number of hydrogen-bond acceptors (Lipinski definition) is 5. The average molecular weight is 268 g/mol. The van der Waals surface area contributed by atoms with Crippen LogP contribution in [0.25, 0.3) is 10.9 Å². The van der Waals surface area contributed by atoms with E-state index < -0.39 is 7.60 Å². The fourth-order valence-electron chi connectivity index (χ4n) is 1.75. The number of fused-ring (bicyclic) bond motifs is 1. The van der Waals surface area contributed by atoms with Crippen molar-refractivity contribution in [2.45, 2.75) is 0 Å². The first kappa shape index (κ1) is 13.0. The first-order valence-corrected chi connectivity index (χ1v) is 6.75. The zero-order valence-electron chi connectivity index (χ0n) is 10.3. The summed E-state index contributed by atoms with van der Waals surface area (Å²) in [6, 6.07) is 5.10. The maximum atomic E-state index is 11.9. The molecule has 0 aliphatic carbocycles. The van der Waals surface area contributed by atoms with Crippen LogP contribution in [-0.4, -0.2) is 19.3 Å². The van der Waals surface area contributed by atoms with Crippen LogP contribution < -0.4 is 19.6 Å². The van der Waals surface area contributed by atoms with Crippen LogP contribution in [0.4, 0.5) is 0 Å². The summed E-state index contributed by atoms with van der Waals surface area (Å²) in [6.07, 6.45) is 1.42. The molecule has 1 aromatic heterocycles. The Kier molecular flexibility index (Phi) is 3.34. The summed E-state index contributed by atoms with van der Waals surface area (Å²) in [5.41, 5.74) is 0.480. The highest BCUT2D eigenvalue weighted by molar-refractivity contribution is 7.60. The lowest BCUT2D eigenvalue weighted by molar-refractivity contribution is -0.727. The van der Waals surface area contributed by atoms with E-state index in [1.54, 1.807) is 25.2 Å². The van der Waals surface area contributed by atoms with Gasteiger partial charge in [-0.25, -0.2) is 0 Å². The van der Waals surface area contributed by atoms with Crippen molar-refractivity contribution in [2.24, 2.45) is 7.05 Å². The molecule has 0 aliphatic rings. The number of methoxy groups -OCH3 is 1. The summed E-state index contributed by atoms with van der Waals surface area (Å²) in [6.45, 7) is 0. The highest BCUT2D eigenvalue weighted by Gasteiger charge is 2.21. The lowest BCUT2D eigenvalue weighted by Gasteiger charge is -2.20. The van der Waals surface area contributed by atoms with Gasteiger partial charge in [0.15, 0.2) is 25.9 Å². The Labute approximate surface area is 104 Å². The van der Waals surface area contributed by atoms with Crippen LogP contribution in [0.1, 0.15) is 0 Å². The Morgan fingerprint density at radius 3 is 2.72 bits per heavy atom. The highest BCUT2D eigenvalue weighted by Crippen LogP contribution is 2.37. The van der Waals surface area contributed by atoms with E-state index in [1.807, 2.05) is 0 Å². The summed E-state index contributed by atoms with van der Waals surface area (Å²) < 4.78 is 23.1. The summed E-state index contributed by atoms with van der Waals surface area (Å²) >= 11 is 0. The molecular formula is C11H13N2O4P. The quantitative estimate of drug-likeness (QED) is 0.573. The van der Waals surface area contributed by atoms with E-state index in [9.17, 15) is 9.46 Å². The molecule has 0 saturated carbocycles. The minimum atomic E-state index is -4.09. The van der Waals surface area contributed by atoms with E-state index in [2.05, 4.69) is 9.62 Å². The minimum absolute atomic E-state index is 0.0939. The Morgan fingerprint density at radius 1 is 1.39 bits per heavy atom. The van der Waals surface area contributed by atoms with Crippen LogP contribution in [0.3, 0.4) is 0 Å². The molecule has 2 rings (SSSR count). The third-order valence-electron chi connectivity index (χ3n) is 2.60. The standard InChI is InChI=1S/C11H13N2O4P/c1-13-7-10(18(14,15)17-3)8-5-4-6-9(16-2)11(8)12-13/h4-7H,1-3H3. The molecule has 6 nitrogen and oxygen atoms in total. The largest absolute Gasteiger partial charge is 0.775 e. The van der Waals surface area contributed by atoms with Gasteiger partial charge >= 0.3 is 0 Å². The van der Waals surface area contributed by atoms with Gasteiger partial charge in [0.05, 0.1) is 12.4 Å². The molecule has 0 radical (unpaired) electrons. The number of aromatic nitrogens is 2. The number of aryl methyl sites for hydroxylation is 1. The van der Waals surface area contributed by atoms with Crippen molar-refractivity contribution in [1.29, 1.82) is 0 Å². The van der Waals surface area contributed by atoms with Crippen molar-refractivity contribution in [3.63, 3.8) is 0 Å². The first-order chi connectivity index (χ1) is 8.49. The summed E-state index contributed by atoms with van der Waals surface area (Å²) in [5.74, 6) is 0.515. The molecule has 0 aliphatic heterocycles. The number of hydrogen-bond donors (Lipinski definition) is 0. The third kappa shape index (κ3) is 2.10. The maximum Gasteiger partial charge on any atom is 0.208 e. The van der Waals surface area contributed by atoms with Crippen molar-refractivity contribution in [3.05, 3.63) is 24.4 Å². The van der Waals surface area contributed by atoms with Gasteiger partial charge in [-0.2, -0.15) is 0 Å². The molecule has 0 amide bonds. The number of benzene rings is 1. The monoisotopic (exact) mass is 268 g/mol. The number of ether oxygens (including phenoxy) is 1. The van der Waals surface area contributed by atoms with E-state index in [0.29, 0.717) is 16.7 Å². The zero-order chi connectivity index (χ0) is 13.3. The van der Waals surface area contributed by atoms with Gasteiger partial charge in [0.2, 0.25) is 6.20 Å². The Bertz CT molecular complexity index is 644. The smallest absolute Gasteiger partial charge is 0.208 e. The molecule has 2 aromatic rings. The van der Waals surface area contributed by atoms with E-state index in [1.165, 1.54) is 18.0 Å². The molecule has 7 heteroatoms. The summed E-state index contributed by atoms with van der Waals surface area (Å²) in [5, 5.41) is 4.80. The van der Waals surface area contributed by atoms with Gasteiger partial charge < -0.3 is 18.7 Å². The average Bonchev–Trinajstić information content (AvgIpc) is 2.37. The Morgan fingerprint density at radius 2 is 2.11 bits per heavy atom. The molecule has 1 atom stereocenters. The maximum absolute atomic E-state index is 11.9. The second-order valence-corrected chi connectivity index (χ2v) is 5.57. The molecule has 1 unspecified atom stereocenters. The normalized spacial score (nSPS) is 14.4. The van der Waals surface area contributed by atoms with E-state index in [4.69, 9.17) is 4.74 Å². The third-order valence-corrected chi connectivity index (χ3v) is 4.02. The van der Waals surface area contributed by atoms with Crippen LogP contribution in [-0.2, 0) is 16.1 Å². The van der Waals surface area contributed by atoms with Gasteiger partial charge in [0, 0.05) is 17.6 Å². The van der Waals surface area contributed by atoms with Crippen LogP contribution in [0.15, 0.2) is 24.4 Å². The zero-order valence-corrected chi connectivity index (χ0v) is 11.2. The van der Waals surface area contributed by atoms with Crippen molar-refractivity contribution in [2.75, 3.05) is 14.2 Å². The van der Waals surface area contributed by atoms with Gasteiger partial charge in [-0.05, 0) is 6.07 Å². The van der Waals surface area contributed by atoms with Crippen LogP contribution in [0, 0.1) is 0 Å². The lowest BCUT2D eigenvalue weighted by atomic mass is 10.2. The van der Waals surface area contributed by atoms with Gasteiger partial charge in [-0.1, -0.05) is 16.8 Å². The highest BCUT2D eigenvalue weighted by atomic mass is 31.2. The summed E-state index contributed by atoms with van der Waals surface area (Å²) in [7, 11) is 0.198. The fraction of sp³-hybridized carbons (Fsp3) is 0.273. The second kappa shape index (κ2) is 4.65. The molecule has 18 heavy (non-hydrogen) atoms. The minimum Gasteiger partial charge on any atom is -0.775 e. The molecule has 0 saturated heterocycles. The second-order valence-electron chi connectivity index (χ2n) is 3.72.